The van der Waals surface area contributed by atoms with E-state index >= 15 is 0 Å². The first-order valence-corrected chi connectivity index (χ1v) is 7.67. The van der Waals surface area contributed by atoms with Gasteiger partial charge in [0.25, 0.3) is 0 Å². The molecule has 0 amide bonds. The van der Waals surface area contributed by atoms with Crippen molar-refractivity contribution in [2.75, 3.05) is 7.05 Å². The summed E-state index contributed by atoms with van der Waals surface area (Å²) in [5, 5.41) is 11.1. The number of hydrogen-bond donors (Lipinski definition) is 2. The first kappa shape index (κ1) is 17.2. The van der Waals surface area contributed by atoms with Crippen molar-refractivity contribution in [1.29, 1.82) is 0 Å². The highest BCUT2D eigenvalue weighted by Gasteiger charge is 2.25. The van der Waals surface area contributed by atoms with Gasteiger partial charge in [0, 0.05) is 24.2 Å². The highest BCUT2D eigenvalue weighted by Crippen LogP contribution is 2.27. The molecule has 0 aromatic carbocycles. The lowest BCUT2D eigenvalue weighted by Crippen LogP contribution is -2.46. The van der Waals surface area contributed by atoms with Gasteiger partial charge in [0.2, 0.25) is 0 Å². The molecule has 0 radical (unpaired) electrons. The van der Waals surface area contributed by atoms with E-state index in [4.69, 9.17) is 17.3 Å². The van der Waals surface area contributed by atoms with Crippen molar-refractivity contribution in [3.8, 4) is 0 Å². The van der Waals surface area contributed by atoms with E-state index in [1.165, 1.54) is 6.08 Å². The van der Waals surface area contributed by atoms with Crippen LogP contribution < -0.4 is 5.73 Å². The molecule has 0 bridgehead atoms. The second-order valence-corrected chi connectivity index (χ2v) is 6.22. The maximum Gasteiger partial charge on any atom is 0.142 e. The second kappa shape index (κ2) is 7.40. The largest absolute Gasteiger partial charge is 0.372 e. The van der Waals surface area contributed by atoms with Crippen LogP contribution in [0.2, 0.25) is 0 Å². The van der Waals surface area contributed by atoms with Crippen molar-refractivity contribution in [1.82, 2.24) is 4.90 Å². The highest BCUT2D eigenvalue weighted by molar-refractivity contribution is 6.29. The van der Waals surface area contributed by atoms with Gasteiger partial charge in [-0.3, -0.25) is 0 Å². The van der Waals surface area contributed by atoms with Crippen LogP contribution in [0, 0.1) is 0 Å². The fourth-order valence-corrected chi connectivity index (χ4v) is 2.84. The van der Waals surface area contributed by atoms with Gasteiger partial charge in [0.1, 0.15) is 18.2 Å². The first-order chi connectivity index (χ1) is 10.4. The van der Waals surface area contributed by atoms with Crippen LogP contribution >= 0.6 is 11.6 Å². The van der Waals surface area contributed by atoms with E-state index in [9.17, 15) is 13.9 Å². The second-order valence-electron chi connectivity index (χ2n) is 5.74. The number of nitrogens with zero attached hydrogens (tertiary/aromatic N) is 1. The van der Waals surface area contributed by atoms with Crippen molar-refractivity contribution < 1.29 is 13.9 Å². The average molecular weight is 331 g/mol. The van der Waals surface area contributed by atoms with Crippen molar-refractivity contribution in [3.05, 3.63) is 46.4 Å². The zero-order chi connectivity index (χ0) is 16.3. The number of hydrogen-bond acceptors (Lipinski definition) is 3. The molecule has 3 unspecified atom stereocenters. The SMILES string of the molecule is CN(C1=CC=C(Cl)CC1)C(O)C(N)CC1=CC(F)=CC(F)C1. The lowest BCUT2D eigenvalue weighted by Gasteiger charge is -2.33. The maximum absolute atomic E-state index is 13.3. The van der Waals surface area contributed by atoms with E-state index in [1.54, 1.807) is 18.0 Å². The topological polar surface area (TPSA) is 49.5 Å². The van der Waals surface area contributed by atoms with Gasteiger partial charge in [-0.25, -0.2) is 8.78 Å². The minimum Gasteiger partial charge on any atom is -0.372 e. The van der Waals surface area contributed by atoms with Gasteiger partial charge in [-0.2, -0.15) is 0 Å². The van der Waals surface area contributed by atoms with Crippen molar-refractivity contribution in [2.24, 2.45) is 5.73 Å². The van der Waals surface area contributed by atoms with Crippen LogP contribution in [0.3, 0.4) is 0 Å². The van der Waals surface area contributed by atoms with Crippen LogP contribution in [0.15, 0.2) is 46.4 Å². The monoisotopic (exact) mass is 330 g/mol. The van der Waals surface area contributed by atoms with Gasteiger partial charge in [-0.05, 0) is 43.6 Å². The molecule has 122 valence electrons. The molecule has 2 aliphatic rings. The Balaban J connectivity index is 1.97. The van der Waals surface area contributed by atoms with Gasteiger partial charge >= 0.3 is 0 Å². The Morgan fingerprint density at radius 3 is 2.77 bits per heavy atom. The molecule has 0 saturated heterocycles. The predicted octanol–water partition coefficient (Wildman–Crippen LogP) is 3.28. The third kappa shape index (κ3) is 4.41. The van der Waals surface area contributed by atoms with Gasteiger partial charge in [-0.1, -0.05) is 17.2 Å². The molecule has 0 heterocycles. The number of rotatable bonds is 5. The molecule has 6 heteroatoms. The lowest BCUT2D eigenvalue weighted by molar-refractivity contribution is 0.0211. The van der Waals surface area contributed by atoms with Crippen molar-refractivity contribution in [3.63, 3.8) is 0 Å². The van der Waals surface area contributed by atoms with E-state index < -0.39 is 24.3 Å². The molecule has 22 heavy (non-hydrogen) atoms. The van der Waals surface area contributed by atoms with Crippen LogP contribution in [0.25, 0.3) is 0 Å². The summed E-state index contributed by atoms with van der Waals surface area (Å²) in [5.41, 5.74) is 7.52. The molecule has 0 spiro atoms. The fourth-order valence-electron chi connectivity index (χ4n) is 2.69. The minimum atomic E-state index is -1.32. The molecular weight excluding hydrogens is 310 g/mol. The summed E-state index contributed by atoms with van der Waals surface area (Å²) in [7, 11) is 1.75. The molecule has 3 nitrogen and oxygen atoms in total. The number of alkyl halides is 1. The molecule has 3 N–H and O–H groups in total. The highest BCUT2D eigenvalue weighted by atomic mass is 35.5. The number of halogens is 3. The van der Waals surface area contributed by atoms with Gasteiger partial charge < -0.3 is 15.7 Å². The molecule has 3 atom stereocenters. The Hall–Kier alpha value is -1.17. The van der Waals surface area contributed by atoms with Crippen LogP contribution in [0.5, 0.6) is 0 Å². The lowest BCUT2D eigenvalue weighted by atomic mass is 9.95. The average Bonchev–Trinajstić information content (AvgIpc) is 2.45. The molecule has 0 aromatic heterocycles. The number of allylic oxidation sites excluding steroid dienone is 7. The molecule has 2 rings (SSSR count). The van der Waals surface area contributed by atoms with Gasteiger partial charge in [0.05, 0.1) is 6.04 Å². The summed E-state index contributed by atoms with van der Waals surface area (Å²) >= 11 is 5.91. The van der Waals surface area contributed by atoms with Gasteiger partial charge in [-0.15, -0.1) is 0 Å². The zero-order valence-electron chi connectivity index (χ0n) is 12.5. The quantitative estimate of drug-likeness (QED) is 0.761. The summed E-state index contributed by atoms with van der Waals surface area (Å²) in [6, 6.07) is -0.628. The molecule has 0 aliphatic heterocycles. The standard InChI is InChI=1S/C16H21ClF2N2O/c1-21(14-4-2-11(17)3-5-14)16(22)15(20)8-10-6-12(18)9-13(19)7-10/h2,4,6,9,13,15-16,22H,3,5,7-8,20H2,1H3. The molecular formula is C16H21ClF2N2O. The first-order valence-electron chi connectivity index (χ1n) is 7.29. The number of likely N-dealkylation sites (N-methyl/N-ethyl adjacent to an activating group) is 1. The van der Waals surface area contributed by atoms with E-state index in [-0.39, 0.29) is 12.8 Å². The Kier molecular flexibility index (Phi) is 5.78. The summed E-state index contributed by atoms with van der Waals surface area (Å²) in [6.07, 6.45) is 5.46. The van der Waals surface area contributed by atoms with E-state index in [0.29, 0.717) is 5.57 Å². The molecule has 0 fully saturated rings. The van der Waals surface area contributed by atoms with Crippen LogP contribution in [0.1, 0.15) is 25.7 Å². The Morgan fingerprint density at radius 1 is 1.45 bits per heavy atom. The minimum absolute atomic E-state index is 0.124. The molecule has 0 aromatic rings. The normalized spacial score (nSPS) is 24.7. The smallest absolute Gasteiger partial charge is 0.142 e. The van der Waals surface area contributed by atoms with Crippen LogP contribution in [-0.2, 0) is 0 Å². The summed E-state index contributed by atoms with van der Waals surface area (Å²) in [5.74, 6) is -0.585. The van der Waals surface area contributed by atoms with Crippen LogP contribution in [0.4, 0.5) is 8.78 Å². The molecule has 2 aliphatic carbocycles. The maximum atomic E-state index is 13.3. The predicted molar refractivity (Wildman–Crippen MR) is 84.4 cm³/mol. The fraction of sp³-hybridized carbons (Fsp3) is 0.500. The zero-order valence-corrected chi connectivity index (χ0v) is 13.2. The Labute approximate surface area is 134 Å². The Morgan fingerprint density at radius 2 is 2.18 bits per heavy atom. The summed E-state index contributed by atoms with van der Waals surface area (Å²) in [6.45, 7) is 0. The summed E-state index contributed by atoms with van der Waals surface area (Å²) < 4.78 is 26.5. The van der Waals surface area contributed by atoms with Crippen molar-refractivity contribution >= 4 is 11.6 Å². The van der Waals surface area contributed by atoms with E-state index in [1.807, 2.05) is 6.08 Å². The van der Waals surface area contributed by atoms with Crippen molar-refractivity contribution in [2.45, 2.75) is 44.1 Å². The van der Waals surface area contributed by atoms with E-state index in [2.05, 4.69) is 0 Å². The van der Waals surface area contributed by atoms with Gasteiger partial charge in [0.15, 0.2) is 0 Å². The number of aliphatic hydroxyl groups excluding tert-OH is 1. The van der Waals surface area contributed by atoms with E-state index in [0.717, 1.165) is 29.6 Å². The Bertz CT molecular complexity index is 542. The number of aliphatic hydroxyl groups is 1. The number of nitrogens with two attached hydrogens (primary N) is 1. The third-order valence-corrected chi connectivity index (χ3v) is 4.26. The summed E-state index contributed by atoms with van der Waals surface area (Å²) in [4.78, 5) is 1.69. The molecule has 0 saturated carbocycles. The van der Waals surface area contributed by atoms with Crippen LogP contribution in [-0.4, -0.2) is 35.5 Å². The third-order valence-electron chi connectivity index (χ3n) is 3.95.